The third kappa shape index (κ3) is 3.19. The van der Waals surface area contributed by atoms with Gasteiger partial charge in [-0.1, -0.05) is 30.3 Å². The van der Waals surface area contributed by atoms with Crippen LogP contribution in [0, 0.1) is 0 Å². The van der Waals surface area contributed by atoms with Crippen molar-refractivity contribution in [2.45, 2.75) is 31.3 Å². The lowest BCUT2D eigenvalue weighted by Gasteiger charge is -2.19. The Morgan fingerprint density at radius 2 is 2.12 bits per heavy atom. The van der Waals surface area contributed by atoms with E-state index in [4.69, 9.17) is 0 Å². The summed E-state index contributed by atoms with van der Waals surface area (Å²) in [4.78, 5) is 17.0. The minimum atomic E-state index is -0.414. The van der Waals surface area contributed by atoms with Gasteiger partial charge in [-0.05, 0) is 18.4 Å². The predicted octanol–water partition coefficient (Wildman–Crippen LogP) is 1.43. The molecule has 1 atom stereocenters. The molecule has 3 aromatic rings. The van der Waals surface area contributed by atoms with Crippen LogP contribution in [0.25, 0.3) is 5.65 Å². The Kier molecular flexibility index (Phi) is 3.82. The van der Waals surface area contributed by atoms with Crippen LogP contribution in [0.4, 0.5) is 5.82 Å². The average molecular weight is 322 g/mol. The normalized spacial score (nSPS) is 15.2. The molecule has 2 aromatic heterocycles. The molecule has 122 valence electrons. The Bertz CT molecular complexity index is 842. The quantitative estimate of drug-likeness (QED) is 0.717. The molecule has 1 amide bonds. The van der Waals surface area contributed by atoms with E-state index < -0.39 is 6.04 Å². The molecule has 1 saturated carbocycles. The van der Waals surface area contributed by atoms with Gasteiger partial charge in [0.25, 0.3) is 0 Å². The van der Waals surface area contributed by atoms with Crippen LogP contribution >= 0.6 is 0 Å². The highest BCUT2D eigenvalue weighted by molar-refractivity contribution is 5.86. The van der Waals surface area contributed by atoms with Gasteiger partial charge in [-0.15, -0.1) is 10.2 Å². The Morgan fingerprint density at radius 1 is 1.29 bits per heavy atom. The van der Waals surface area contributed by atoms with Crippen molar-refractivity contribution in [2.24, 2.45) is 0 Å². The van der Waals surface area contributed by atoms with E-state index in [2.05, 4.69) is 25.8 Å². The molecular formula is C17H18N6O. The van der Waals surface area contributed by atoms with Crippen molar-refractivity contribution < 1.29 is 4.79 Å². The number of amides is 1. The first kappa shape index (κ1) is 14.6. The maximum Gasteiger partial charge on any atom is 0.243 e. The first-order valence-corrected chi connectivity index (χ1v) is 8.05. The fourth-order valence-corrected chi connectivity index (χ4v) is 2.61. The molecule has 24 heavy (non-hydrogen) atoms. The average Bonchev–Trinajstić information content (AvgIpc) is 3.28. The fraction of sp³-hybridized carbons (Fsp3) is 0.294. The van der Waals surface area contributed by atoms with Gasteiger partial charge in [0, 0.05) is 24.9 Å². The van der Waals surface area contributed by atoms with Gasteiger partial charge in [0.15, 0.2) is 5.82 Å². The van der Waals surface area contributed by atoms with Crippen molar-refractivity contribution in [3.8, 4) is 0 Å². The molecule has 7 nitrogen and oxygen atoms in total. The first-order chi connectivity index (χ1) is 11.8. The number of carbonyl (C=O) groups excluding carboxylic acids is 1. The highest BCUT2D eigenvalue weighted by Gasteiger charge is 2.28. The lowest BCUT2D eigenvalue weighted by molar-refractivity contribution is -0.122. The minimum absolute atomic E-state index is 0.00956. The van der Waals surface area contributed by atoms with Gasteiger partial charge >= 0.3 is 0 Å². The van der Waals surface area contributed by atoms with Crippen molar-refractivity contribution in [2.75, 3.05) is 5.32 Å². The lowest BCUT2D eigenvalue weighted by atomic mass is 10.1. The molecule has 1 aromatic carbocycles. The molecule has 1 fully saturated rings. The number of carbonyl (C=O) groups is 1. The monoisotopic (exact) mass is 322 g/mol. The Balaban J connectivity index is 1.59. The number of benzene rings is 1. The van der Waals surface area contributed by atoms with Crippen LogP contribution in [-0.2, 0) is 11.2 Å². The number of anilines is 1. The van der Waals surface area contributed by atoms with Crippen LogP contribution in [0.15, 0.2) is 49.1 Å². The second-order valence-electron chi connectivity index (χ2n) is 6.01. The molecule has 1 unspecified atom stereocenters. The van der Waals surface area contributed by atoms with Crippen LogP contribution < -0.4 is 10.6 Å². The van der Waals surface area contributed by atoms with E-state index >= 15 is 0 Å². The van der Waals surface area contributed by atoms with Gasteiger partial charge in [-0.2, -0.15) is 0 Å². The zero-order valence-electron chi connectivity index (χ0n) is 13.1. The SMILES string of the molecule is O=C(NC1CC1)C(Cc1ccccc1)Nc1nccn2cnnc12. The van der Waals surface area contributed by atoms with Crippen LogP contribution in [0.3, 0.4) is 0 Å². The number of fused-ring (bicyclic) bond motifs is 1. The maximum atomic E-state index is 12.6. The van der Waals surface area contributed by atoms with Gasteiger partial charge in [-0.25, -0.2) is 4.98 Å². The van der Waals surface area contributed by atoms with Crippen LogP contribution in [0.1, 0.15) is 18.4 Å². The number of hydrogen-bond donors (Lipinski definition) is 2. The van der Waals surface area contributed by atoms with E-state index in [1.54, 1.807) is 23.1 Å². The topological polar surface area (TPSA) is 84.2 Å². The molecule has 4 rings (SSSR count). The second-order valence-corrected chi connectivity index (χ2v) is 6.01. The van der Waals surface area contributed by atoms with E-state index in [0.29, 0.717) is 23.9 Å². The Morgan fingerprint density at radius 3 is 2.92 bits per heavy atom. The smallest absolute Gasteiger partial charge is 0.243 e. The van der Waals surface area contributed by atoms with Crippen molar-refractivity contribution in [1.29, 1.82) is 0 Å². The summed E-state index contributed by atoms with van der Waals surface area (Å²) in [6, 6.07) is 9.85. The largest absolute Gasteiger partial charge is 0.355 e. The van der Waals surface area contributed by atoms with E-state index in [1.807, 2.05) is 30.3 Å². The van der Waals surface area contributed by atoms with E-state index in [1.165, 1.54) is 0 Å². The number of rotatable bonds is 6. The number of hydrogen-bond acceptors (Lipinski definition) is 5. The molecule has 7 heteroatoms. The molecule has 0 bridgehead atoms. The van der Waals surface area contributed by atoms with Gasteiger partial charge in [0.05, 0.1) is 0 Å². The zero-order valence-corrected chi connectivity index (χ0v) is 13.1. The first-order valence-electron chi connectivity index (χ1n) is 8.05. The third-order valence-electron chi connectivity index (χ3n) is 4.05. The van der Waals surface area contributed by atoms with Crippen molar-refractivity contribution in [3.05, 3.63) is 54.6 Å². The standard InChI is InChI=1S/C17H18N6O/c24-17(20-13-6-7-13)14(10-12-4-2-1-3-5-12)21-15-16-22-19-11-23(16)9-8-18-15/h1-5,8-9,11,13-14H,6-7,10H2,(H,18,21)(H,20,24). The van der Waals surface area contributed by atoms with Crippen LogP contribution in [0.2, 0.25) is 0 Å². The summed E-state index contributed by atoms with van der Waals surface area (Å²) < 4.78 is 1.77. The molecule has 0 aliphatic heterocycles. The molecule has 0 radical (unpaired) electrons. The van der Waals surface area contributed by atoms with Gasteiger partial charge < -0.3 is 10.6 Å². The fourth-order valence-electron chi connectivity index (χ4n) is 2.61. The van der Waals surface area contributed by atoms with Crippen molar-refractivity contribution in [1.82, 2.24) is 24.9 Å². The molecular weight excluding hydrogens is 304 g/mol. The van der Waals surface area contributed by atoms with Gasteiger partial charge in [-0.3, -0.25) is 9.20 Å². The molecule has 2 heterocycles. The van der Waals surface area contributed by atoms with E-state index in [9.17, 15) is 4.79 Å². The second kappa shape index (κ2) is 6.27. The van der Waals surface area contributed by atoms with Crippen LogP contribution in [-0.4, -0.2) is 37.6 Å². The van der Waals surface area contributed by atoms with Crippen molar-refractivity contribution >= 4 is 17.4 Å². The summed E-state index contributed by atoms with van der Waals surface area (Å²) >= 11 is 0. The number of nitrogens with zero attached hydrogens (tertiary/aromatic N) is 4. The number of aromatic nitrogens is 4. The molecule has 0 saturated heterocycles. The predicted molar refractivity (Wildman–Crippen MR) is 89.5 cm³/mol. The highest BCUT2D eigenvalue weighted by Crippen LogP contribution is 2.20. The minimum Gasteiger partial charge on any atom is -0.355 e. The lowest BCUT2D eigenvalue weighted by Crippen LogP contribution is -2.42. The third-order valence-corrected chi connectivity index (χ3v) is 4.05. The molecule has 0 spiro atoms. The van der Waals surface area contributed by atoms with Crippen LogP contribution in [0.5, 0.6) is 0 Å². The summed E-state index contributed by atoms with van der Waals surface area (Å²) in [7, 11) is 0. The zero-order chi connectivity index (χ0) is 16.4. The molecule has 1 aliphatic carbocycles. The van der Waals surface area contributed by atoms with E-state index in [0.717, 1.165) is 18.4 Å². The summed E-state index contributed by atoms with van der Waals surface area (Å²) in [6.07, 6.45) is 7.74. The van der Waals surface area contributed by atoms with Gasteiger partial charge in [0.1, 0.15) is 12.4 Å². The van der Waals surface area contributed by atoms with Gasteiger partial charge in [0.2, 0.25) is 11.6 Å². The number of nitrogens with one attached hydrogen (secondary N) is 2. The summed E-state index contributed by atoms with van der Waals surface area (Å²) in [5, 5.41) is 14.3. The summed E-state index contributed by atoms with van der Waals surface area (Å²) in [5.74, 6) is 0.548. The van der Waals surface area contributed by atoms with E-state index in [-0.39, 0.29) is 5.91 Å². The molecule has 2 N–H and O–H groups in total. The van der Waals surface area contributed by atoms with Crippen molar-refractivity contribution in [3.63, 3.8) is 0 Å². The highest BCUT2D eigenvalue weighted by atomic mass is 16.2. The Hall–Kier alpha value is -2.96. The molecule has 1 aliphatic rings. The summed E-state index contributed by atoms with van der Waals surface area (Å²) in [5.41, 5.74) is 1.70. The Labute approximate surface area is 139 Å². The summed E-state index contributed by atoms with van der Waals surface area (Å²) in [6.45, 7) is 0. The maximum absolute atomic E-state index is 12.6.